The molecule has 0 saturated heterocycles. The second-order valence-electron chi connectivity index (χ2n) is 11.1. The van der Waals surface area contributed by atoms with Crippen molar-refractivity contribution in [3.05, 3.63) is 48.5 Å². The molecule has 2 aromatic carbocycles. The van der Waals surface area contributed by atoms with Crippen LogP contribution in [0.4, 0.5) is 5.69 Å². The Balaban J connectivity index is 1.34. The predicted molar refractivity (Wildman–Crippen MR) is 166 cm³/mol. The summed E-state index contributed by atoms with van der Waals surface area (Å²) in [5, 5.41) is 5.69. The predicted octanol–water partition coefficient (Wildman–Crippen LogP) is 9.47. The maximum absolute atomic E-state index is 12.7. The van der Waals surface area contributed by atoms with Crippen molar-refractivity contribution in [2.45, 2.75) is 127 Å². The number of ether oxygens (including phenoxy) is 1. The van der Waals surface area contributed by atoms with Crippen molar-refractivity contribution < 1.29 is 22.5 Å². The molecule has 1 aliphatic heterocycles. The highest BCUT2D eigenvalue weighted by atomic mass is 32.2. The van der Waals surface area contributed by atoms with E-state index in [2.05, 4.69) is 12.0 Å². The Morgan fingerprint density at radius 1 is 0.780 bits per heavy atom. The van der Waals surface area contributed by atoms with Gasteiger partial charge in [0.1, 0.15) is 16.4 Å². The van der Waals surface area contributed by atoms with Crippen LogP contribution in [0, 0.1) is 0 Å². The minimum absolute atomic E-state index is 0.0218. The van der Waals surface area contributed by atoms with Gasteiger partial charge in [0.05, 0.1) is 12.1 Å². The van der Waals surface area contributed by atoms with Gasteiger partial charge in [0.25, 0.3) is 16.0 Å². The first kappa shape index (κ1) is 32.8. The molecule has 0 unspecified atom stereocenters. The number of carbonyl (C=O) groups is 1. The van der Waals surface area contributed by atoms with Gasteiger partial charge in [0, 0.05) is 5.71 Å². The third-order valence-electron chi connectivity index (χ3n) is 7.57. The molecule has 1 N–H and O–H groups in total. The van der Waals surface area contributed by atoms with Crippen LogP contribution >= 0.6 is 0 Å². The summed E-state index contributed by atoms with van der Waals surface area (Å²) >= 11 is 0. The van der Waals surface area contributed by atoms with E-state index >= 15 is 0 Å². The summed E-state index contributed by atoms with van der Waals surface area (Å²) in [4.78, 5) is 12.3. The van der Waals surface area contributed by atoms with Gasteiger partial charge < -0.3 is 4.74 Å². The number of anilines is 1. The number of para-hydroxylation sites is 1. The number of benzene rings is 2. The maximum Gasteiger partial charge on any atom is 0.298 e. The SMILES string of the molecule is CCCCCCCCCCCCCCCCCCC1=NN(c2ccc(Oc3ccccc3)c(S(=O)(=O)O)c2)C(=O)C1. The molecule has 1 aliphatic rings. The van der Waals surface area contributed by atoms with Gasteiger partial charge in [-0.25, -0.2) is 5.01 Å². The Labute approximate surface area is 247 Å². The topological polar surface area (TPSA) is 96.3 Å². The molecule has 0 aromatic heterocycles. The fourth-order valence-corrected chi connectivity index (χ4v) is 5.86. The zero-order valence-electron chi connectivity index (χ0n) is 24.7. The van der Waals surface area contributed by atoms with E-state index in [1.165, 1.54) is 107 Å². The van der Waals surface area contributed by atoms with Gasteiger partial charge in [-0.1, -0.05) is 121 Å². The fraction of sp³-hybridized carbons (Fsp3) is 0.576. The highest BCUT2D eigenvalue weighted by Crippen LogP contribution is 2.34. The van der Waals surface area contributed by atoms with Crippen LogP contribution in [0.15, 0.2) is 58.5 Å². The first-order valence-corrected chi connectivity index (χ1v) is 17.1. The molecule has 1 heterocycles. The van der Waals surface area contributed by atoms with E-state index in [1.807, 2.05) is 6.07 Å². The molecule has 7 nitrogen and oxygen atoms in total. The molecule has 0 radical (unpaired) electrons. The lowest BCUT2D eigenvalue weighted by Gasteiger charge is -2.15. The average Bonchev–Trinajstić information content (AvgIpc) is 3.33. The molecule has 8 heteroatoms. The van der Waals surface area contributed by atoms with Crippen molar-refractivity contribution in [2.24, 2.45) is 5.10 Å². The first-order chi connectivity index (χ1) is 19.9. The van der Waals surface area contributed by atoms with Gasteiger partial charge in [-0.3, -0.25) is 9.35 Å². The number of unbranched alkanes of at least 4 members (excludes halogenated alkanes) is 15. The molecule has 0 saturated carbocycles. The van der Waals surface area contributed by atoms with Crippen LogP contribution in [0.5, 0.6) is 11.5 Å². The van der Waals surface area contributed by atoms with Gasteiger partial charge in [0.15, 0.2) is 0 Å². The number of hydrogen-bond donors (Lipinski definition) is 1. The minimum Gasteiger partial charge on any atom is -0.456 e. The molecular weight excluding hydrogens is 536 g/mol. The van der Waals surface area contributed by atoms with Crippen LogP contribution in [0.25, 0.3) is 0 Å². The Kier molecular flexibility index (Phi) is 14.4. The Hall–Kier alpha value is -2.71. The van der Waals surface area contributed by atoms with Gasteiger partial charge >= 0.3 is 0 Å². The molecule has 1 amide bonds. The normalized spacial score (nSPS) is 13.6. The van der Waals surface area contributed by atoms with Gasteiger partial charge in [-0.05, 0) is 43.2 Å². The van der Waals surface area contributed by atoms with Crippen LogP contribution in [0.2, 0.25) is 0 Å². The second kappa shape index (κ2) is 18.0. The third-order valence-corrected chi connectivity index (χ3v) is 8.45. The second-order valence-corrected chi connectivity index (χ2v) is 12.5. The fourth-order valence-electron chi connectivity index (χ4n) is 5.23. The van der Waals surface area contributed by atoms with E-state index < -0.39 is 15.0 Å². The van der Waals surface area contributed by atoms with Crippen LogP contribution in [-0.2, 0) is 14.9 Å². The summed E-state index contributed by atoms with van der Waals surface area (Å²) in [6, 6.07) is 12.9. The lowest BCUT2D eigenvalue weighted by molar-refractivity contribution is -0.116. The molecular formula is C33H48N2O5S. The minimum atomic E-state index is -4.59. The lowest BCUT2D eigenvalue weighted by Crippen LogP contribution is -2.20. The summed E-state index contributed by atoms with van der Waals surface area (Å²) in [6.07, 6.45) is 22.0. The van der Waals surface area contributed by atoms with Crippen molar-refractivity contribution in [1.29, 1.82) is 0 Å². The molecule has 0 fully saturated rings. The lowest BCUT2D eigenvalue weighted by atomic mass is 10.0. The number of nitrogens with zero attached hydrogens (tertiary/aromatic N) is 2. The Morgan fingerprint density at radius 3 is 1.85 bits per heavy atom. The smallest absolute Gasteiger partial charge is 0.298 e. The van der Waals surface area contributed by atoms with E-state index in [4.69, 9.17) is 4.74 Å². The van der Waals surface area contributed by atoms with Crippen LogP contribution in [-0.4, -0.2) is 24.6 Å². The van der Waals surface area contributed by atoms with E-state index in [1.54, 1.807) is 30.3 Å². The van der Waals surface area contributed by atoms with Crippen LogP contribution in [0.3, 0.4) is 0 Å². The van der Waals surface area contributed by atoms with Crippen molar-refractivity contribution in [3.8, 4) is 11.5 Å². The molecule has 0 spiro atoms. The molecule has 0 bridgehead atoms. The standard InChI is InChI=1S/C33H48N2O5S/c1-2-3-4-5-6-7-8-9-10-11-12-13-14-15-16-18-21-28-26-33(36)35(34-28)29-24-25-31(32(27-29)41(37,38)39)40-30-22-19-17-20-23-30/h17,19-20,22-25,27H,2-16,18,21,26H2,1H3,(H,37,38,39). The van der Waals surface area contributed by atoms with E-state index in [0.717, 1.165) is 25.0 Å². The molecule has 226 valence electrons. The number of rotatable bonds is 21. The molecule has 41 heavy (non-hydrogen) atoms. The maximum atomic E-state index is 12.7. The van der Waals surface area contributed by atoms with Gasteiger partial charge in [-0.15, -0.1) is 0 Å². The summed E-state index contributed by atoms with van der Waals surface area (Å²) < 4.78 is 39.6. The first-order valence-electron chi connectivity index (χ1n) is 15.6. The Bertz CT molecular complexity index is 1200. The van der Waals surface area contributed by atoms with Crippen LogP contribution in [0.1, 0.15) is 122 Å². The number of hydrazone groups is 1. The largest absolute Gasteiger partial charge is 0.456 e. The van der Waals surface area contributed by atoms with E-state index in [-0.39, 0.29) is 23.8 Å². The average molecular weight is 585 g/mol. The summed E-state index contributed by atoms with van der Waals surface area (Å²) in [7, 11) is -4.59. The zero-order valence-corrected chi connectivity index (χ0v) is 25.5. The number of hydrogen-bond acceptors (Lipinski definition) is 5. The van der Waals surface area contributed by atoms with E-state index in [9.17, 15) is 17.8 Å². The summed E-state index contributed by atoms with van der Waals surface area (Å²) in [5.41, 5.74) is 1.09. The highest BCUT2D eigenvalue weighted by Gasteiger charge is 2.27. The quantitative estimate of drug-likeness (QED) is 0.116. The Morgan fingerprint density at radius 2 is 1.32 bits per heavy atom. The monoisotopic (exact) mass is 584 g/mol. The number of amides is 1. The van der Waals surface area contributed by atoms with Crippen molar-refractivity contribution >= 4 is 27.4 Å². The molecule has 0 atom stereocenters. The summed E-state index contributed by atoms with van der Waals surface area (Å²) in [5.74, 6) is 0.197. The van der Waals surface area contributed by atoms with Gasteiger partial charge in [0.2, 0.25) is 0 Å². The molecule has 2 aromatic rings. The molecule has 3 rings (SSSR count). The van der Waals surface area contributed by atoms with E-state index in [0.29, 0.717) is 5.75 Å². The summed E-state index contributed by atoms with van der Waals surface area (Å²) in [6.45, 7) is 2.27. The van der Waals surface area contributed by atoms with Crippen molar-refractivity contribution in [2.75, 3.05) is 5.01 Å². The van der Waals surface area contributed by atoms with Crippen molar-refractivity contribution in [1.82, 2.24) is 0 Å². The van der Waals surface area contributed by atoms with Gasteiger partial charge in [-0.2, -0.15) is 13.5 Å². The van der Waals surface area contributed by atoms with Crippen LogP contribution < -0.4 is 9.75 Å². The zero-order chi connectivity index (χ0) is 29.3. The molecule has 0 aliphatic carbocycles. The number of carbonyl (C=O) groups excluding carboxylic acids is 1. The highest BCUT2D eigenvalue weighted by molar-refractivity contribution is 7.86. The van der Waals surface area contributed by atoms with Crippen molar-refractivity contribution in [3.63, 3.8) is 0 Å². The third kappa shape index (κ3) is 12.0.